The molecule has 4 amide bonds. The van der Waals surface area contributed by atoms with Gasteiger partial charge in [0.05, 0.1) is 0 Å². The summed E-state index contributed by atoms with van der Waals surface area (Å²) in [7, 11) is 0. The molecule has 1 aliphatic heterocycles. The predicted octanol–water partition coefficient (Wildman–Crippen LogP) is -2.07. The van der Waals surface area contributed by atoms with Gasteiger partial charge in [-0.1, -0.05) is 0 Å². The Morgan fingerprint density at radius 1 is 1.18 bits per heavy atom. The molecule has 0 saturated carbocycles. The molecule has 1 aliphatic rings. The number of imide groups is 2. The first-order chi connectivity index (χ1) is 5.15. The summed E-state index contributed by atoms with van der Waals surface area (Å²) >= 11 is 0. The van der Waals surface area contributed by atoms with Gasteiger partial charge in [0.15, 0.2) is 0 Å². The lowest BCUT2D eigenvalue weighted by Crippen LogP contribution is -2.57. The summed E-state index contributed by atoms with van der Waals surface area (Å²) in [6.07, 6.45) is 0. The fourth-order valence-corrected chi connectivity index (χ4v) is 0.762. The summed E-state index contributed by atoms with van der Waals surface area (Å²) in [5.74, 6) is -2.21. The minimum absolute atomic E-state index is 0.0923. The minimum atomic E-state index is -0.937. The number of hydrogen-bond donors (Lipinski definition) is 3. The van der Waals surface area contributed by atoms with Crippen LogP contribution in [0.25, 0.3) is 0 Å². The second-order valence-electron chi connectivity index (χ2n) is 2.10. The monoisotopic (exact) mass is 157 g/mol. The zero-order valence-corrected chi connectivity index (χ0v) is 5.59. The molecular weight excluding hydrogens is 150 g/mol. The molecular formula is C5H7N3O3. The molecule has 0 spiro atoms. The highest BCUT2D eigenvalue weighted by Crippen LogP contribution is 1.98. The molecule has 0 atom stereocenters. The van der Waals surface area contributed by atoms with E-state index in [4.69, 9.17) is 5.73 Å². The number of amides is 4. The van der Waals surface area contributed by atoms with Crippen molar-refractivity contribution in [3.05, 3.63) is 0 Å². The first-order valence-electron chi connectivity index (χ1n) is 3.01. The van der Waals surface area contributed by atoms with Gasteiger partial charge in [-0.2, -0.15) is 0 Å². The second kappa shape index (κ2) is 2.67. The van der Waals surface area contributed by atoms with Crippen molar-refractivity contribution in [3.63, 3.8) is 0 Å². The quantitative estimate of drug-likeness (QED) is 0.380. The van der Waals surface area contributed by atoms with Gasteiger partial charge in [0, 0.05) is 6.54 Å². The smallest absolute Gasteiger partial charge is 0.328 e. The standard InChI is InChI=1S/C5H7N3O3/c6-1-2-3(9)7-5(11)8-4(2)10/h2H,1,6H2,(H2,7,8,9,10,11). The number of urea groups is 1. The van der Waals surface area contributed by atoms with Gasteiger partial charge in [-0.25, -0.2) is 4.79 Å². The van der Waals surface area contributed by atoms with Crippen LogP contribution in [0.3, 0.4) is 0 Å². The van der Waals surface area contributed by atoms with Crippen molar-refractivity contribution >= 4 is 17.8 Å². The third-order valence-electron chi connectivity index (χ3n) is 1.34. The average molecular weight is 157 g/mol. The van der Waals surface area contributed by atoms with Crippen LogP contribution in [0.2, 0.25) is 0 Å². The molecule has 6 nitrogen and oxygen atoms in total. The topological polar surface area (TPSA) is 101 Å². The zero-order chi connectivity index (χ0) is 8.43. The normalized spacial score (nSPS) is 19.5. The molecule has 6 heteroatoms. The van der Waals surface area contributed by atoms with Crippen LogP contribution >= 0.6 is 0 Å². The highest BCUT2D eigenvalue weighted by Gasteiger charge is 2.32. The number of barbiturate groups is 1. The Morgan fingerprint density at radius 3 is 2.00 bits per heavy atom. The van der Waals surface area contributed by atoms with Gasteiger partial charge in [0.1, 0.15) is 5.92 Å². The summed E-state index contributed by atoms with van der Waals surface area (Å²) in [4.78, 5) is 32.0. The molecule has 1 rings (SSSR count). The van der Waals surface area contributed by atoms with Crippen molar-refractivity contribution < 1.29 is 14.4 Å². The first-order valence-corrected chi connectivity index (χ1v) is 3.01. The molecule has 0 radical (unpaired) electrons. The van der Waals surface area contributed by atoms with E-state index >= 15 is 0 Å². The highest BCUT2D eigenvalue weighted by atomic mass is 16.2. The number of nitrogens with one attached hydrogen (secondary N) is 2. The molecule has 0 aromatic carbocycles. The van der Waals surface area contributed by atoms with Crippen LogP contribution < -0.4 is 16.4 Å². The van der Waals surface area contributed by atoms with E-state index in [2.05, 4.69) is 0 Å². The van der Waals surface area contributed by atoms with E-state index in [1.54, 1.807) is 0 Å². The van der Waals surface area contributed by atoms with Crippen molar-refractivity contribution in [2.75, 3.05) is 6.54 Å². The molecule has 0 bridgehead atoms. The molecule has 4 N–H and O–H groups in total. The SMILES string of the molecule is NCC1C(=O)NC(=O)NC1=O. The Morgan fingerprint density at radius 2 is 1.64 bits per heavy atom. The Hall–Kier alpha value is -1.43. The summed E-state index contributed by atoms with van der Waals surface area (Å²) in [6.45, 7) is -0.0923. The van der Waals surface area contributed by atoms with Gasteiger partial charge in [0.25, 0.3) is 0 Å². The number of carbonyl (C=O) groups is 3. The maximum Gasteiger partial charge on any atom is 0.328 e. The van der Waals surface area contributed by atoms with Crippen LogP contribution in [0.5, 0.6) is 0 Å². The van der Waals surface area contributed by atoms with E-state index in [9.17, 15) is 14.4 Å². The van der Waals surface area contributed by atoms with Gasteiger partial charge in [-0.15, -0.1) is 0 Å². The van der Waals surface area contributed by atoms with Crippen LogP contribution in [-0.2, 0) is 9.59 Å². The number of nitrogens with two attached hydrogens (primary N) is 1. The van der Waals surface area contributed by atoms with Gasteiger partial charge in [-0.05, 0) is 0 Å². The predicted molar refractivity (Wildman–Crippen MR) is 34.2 cm³/mol. The summed E-state index contributed by atoms with van der Waals surface area (Å²) < 4.78 is 0. The zero-order valence-electron chi connectivity index (χ0n) is 5.59. The first kappa shape index (κ1) is 7.67. The third kappa shape index (κ3) is 1.35. The fourth-order valence-electron chi connectivity index (χ4n) is 0.762. The van der Waals surface area contributed by atoms with Crippen LogP contribution in [0.1, 0.15) is 0 Å². The van der Waals surface area contributed by atoms with Crippen molar-refractivity contribution in [1.29, 1.82) is 0 Å². The van der Waals surface area contributed by atoms with E-state index in [1.165, 1.54) is 0 Å². The molecule has 0 aromatic heterocycles. The van der Waals surface area contributed by atoms with Crippen LogP contribution in [0, 0.1) is 5.92 Å². The lowest BCUT2D eigenvalue weighted by molar-refractivity contribution is -0.135. The fraction of sp³-hybridized carbons (Fsp3) is 0.400. The Kier molecular flexibility index (Phi) is 1.86. The lowest BCUT2D eigenvalue weighted by Gasteiger charge is -2.18. The highest BCUT2D eigenvalue weighted by molar-refractivity contribution is 6.16. The molecule has 0 aromatic rings. The van der Waals surface area contributed by atoms with Gasteiger partial charge in [-0.3, -0.25) is 20.2 Å². The van der Waals surface area contributed by atoms with E-state index < -0.39 is 23.8 Å². The maximum atomic E-state index is 10.8. The van der Waals surface area contributed by atoms with E-state index in [1.807, 2.05) is 10.6 Å². The molecule has 1 heterocycles. The lowest BCUT2D eigenvalue weighted by atomic mass is 10.1. The number of rotatable bonds is 1. The van der Waals surface area contributed by atoms with Gasteiger partial charge < -0.3 is 5.73 Å². The molecule has 0 aliphatic carbocycles. The largest absolute Gasteiger partial charge is 0.329 e. The Labute approximate surface area is 62.1 Å². The van der Waals surface area contributed by atoms with E-state index in [0.29, 0.717) is 0 Å². The second-order valence-corrected chi connectivity index (χ2v) is 2.10. The van der Waals surface area contributed by atoms with Crippen molar-refractivity contribution in [2.24, 2.45) is 11.7 Å². The van der Waals surface area contributed by atoms with E-state index in [0.717, 1.165) is 0 Å². The number of carbonyl (C=O) groups excluding carboxylic acids is 3. The Bertz CT molecular complexity index is 205. The van der Waals surface area contributed by atoms with Crippen molar-refractivity contribution in [2.45, 2.75) is 0 Å². The summed E-state index contributed by atoms with van der Waals surface area (Å²) in [5, 5.41) is 3.84. The molecule has 1 saturated heterocycles. The van der Waals surface area contributed by atoms with Gasteiger partial charge in [0.2, 0.25) is 11.8 Å². The van der Waals surface area contributed by atoms with Gasteiger partial charge >= 0.3 is 6.03 Å². The molecule has 1 fully saturated rings. The van der Waals surface area contributed by atoms with Crippen LogP contribution in [0.15, 0.2) is 0 Å². The average Bonchev–Trinajstić information content (AvgIpc) is 1.85. The van der Waals surface area contributed by atoms with Crippen molar-refractivity contribution in [1.82, 2.24) is 10.6 Å². The van der Waals surface area contributed by atoms with Crippen molar-refractivity contribution in [3.8, 4) is 0 Å². The molecule has 0 unspecified atom stereocenters. The maximum absolute atomic E-state index is 10.8. The number of hydrogen-bond acceptors (Lipinski definition) is 4. The van der Waals surface area contributed by atoms with E-state index in [-0.39, 0.29) is 6.54 Å². The summed E-state index contributed by atoms with van der Waals surface area (Å²) in [5.41, 5.74) is 5.10. The van der Waals surface area contributed by atoms with Crippen LogP contribution in [0.4, 0.5) is 4.79 Å². The molecule has 60 valence electrons. The Balaban J connectivity index is 2.74. The molecule has 11 heavy (non-hydrogen) atoms. The minimum Gasteiger partial charge on any atom is -0.329 e. The summed E-state index contributed by atoms with van der Waals surface area (Å²) in [6, 6.07) is -0.787. The third-order valence-corrected chi connectivity index (χ3v) is 1.34. The van der Waals surface area contributed by atoms with Crippen LogP contribution in [-0.4, -0.2) is 24.4 Å².